The monoisotopic (exact) mass is 247 g/mol. The number of rotatable bonds is 6. The normalized spacial score (nSPS) is 11.2. The third-order valence-electron chi connectivity index (χ3n) is 3.15. The summed E-state index contributed by atoms with van der Waals surface area (Å²) in [6.07, 6.45) is 3.13. The number of benzene rings is 1. The van der Waals surface area contributed by atoms with Gasteiger partial charge in [-0.1, -0.05) is 6.92 Å². The molecule has 0 saturated heterocycles. The van der Waals surface area contributed by atoms with Gasteiger partial charge in [0.05, 0.1) is 11.0 Å². The summed E-state index contributed by atoms with van der Waals surface area (Å²) in [4.78, 5) is 4.64. The fourth-order valence-electron chi connectivity index (χ4n) is 2.23. The Morgan fingerprint density at radius 2 is 2.17 bits per heavy atom. The van der Waals surface area contributed by atoms with Gasteiger partial charge in [0.2, 0.25) is 0 Å². The quantitative estimate of drug-likeness (QED) is 0.630. The number of fused-ring (bicyclic) bond motifs is 1. The van der Waals surface area contributed by atoms with Crippen molar-refractivity contribution in [3.8, 4) is 0 Å². The zero-order chi connectivity index (χ0) is 13.0. The molecule has 0 bridgehead atoms. The van der Waals surface area contributed by atoms with E-state index in [0.717, 1.165) is 49.4 Å². The van der Waals surface area contributed by atoms with E-state index in [4.69, 9.17) is 10.5 Å². The van der Waals surface area contributed by atoms with Crippen LogP contribution in [0.5, 0.6) is 0 Å². The van der Waals surface area contributed by atoms with Crippen molar-refractivity contribution in [3.05, 3.63) is 24.0 Å². The summed E-state index contributed by atoms with van der Waals surface area (Å²) in [7, 11) is 1.74. The molecular formula is C14H21N3O. The zero-order valence-corrected chi connectivity index (χ0v) is 11.1. The second-order valence-electron chi connectivity index (χ2n) is 4.48. The minimum Gasteiger partial charge on any atom is -0.399 e. The minimum atomic E-state index is 0.772. The van der Waals surface area contributed by atoms with E-state index in [1.807, 2.05) is 12.1 Å². The number of nitrogens with two attached hydrogens (primary N) is 1. The van der Waals surface area contributed by atoms with Crippen LogP contribution in [0.3, 0.4) is 0 Å². The average Bonchev–Trinajstić information content (AvgIpc) is 2.71. The number of imidazole rings is 1. The first-order valence-electron chi connectivity index (χ1n) is 6.49. The van der Waals surface area contributed by atoms with Gasteiger partial charge >= 0.3 is 0 Å². The molecule has 2 N–H and O–H groups in total. The maximum absolute atomic E-state index is 5.80. The van der Waals surface area contributed by atoms with Crippen LogP contribution >= 0.6 is 0 Å². The summed E-state index contributed by atoms with van der Waals surface area (Å²) in [5.41, 5.74) is 8.75. The van der Waals surface area contributed by atoms with Crippen LogP contribution in [0.4, 0.5) is 5.69 Å². The first-order chi connectivity index (χ1) is 8.76. The molecule has 0 aliphatic carbocycles. The van der Waals surface area contributed by atoms with Crippen LogP contribution in [0, 0.1) is 0 Å². The summed E-state index contributed by atoms with van der Waals surface area (Å²) >= 11 is 0. The Balaban J connectivity index is 2.23. The van der Waals surface area contributed by atoms with Gasteiger partial charge in [-0.25, -0.2) is 4.98 Å². The molecule has 0 fully saturated rings. The predicted molar refractivity (Wildman–Crippen MR) is 74.6 cm³/mol. The van der Waals surface area contributed by atoms with Crippen molar-refractivity contribution in [2.75, 3.05) is 19.5 Å². The Labute approximate surface area is 108 Å². The summed E-state index contributed by atoms with van der Waals surface area (Å²) in [5.74, 6) is 1.13. The lowest BCUT2D eigenvalue weighted by Crippen LogP contribution is -2.04. The summed E-state index contributed by atoms with van der Waals surface area (Å²) in [5, 5.41) is 0. The van der Waals surface area contributed by atoms with Gasteiger partial charge in [-0.05, 0) is 31.0 Å². The SMILES string of the molecule is CCc1nc2cc(N)ccc2n1CCCCOC. The smallest absolute Gasteiger partial charge is 0.109 e. The van der Waals surface area contributed by atoms with Gasteiger partial charge in [-0.2, -0.15) is 0 Å². The van der Waals surface area contributed by atoms with Gasteiger partial charge in [0.15, 0.2) is 0 Å². The summed E-state index contributed by atoms with van der Waals surface area (Å²) in [6.45, 7) is 3.95. The van der Waals surface area contributed by atoms with Gasteiger partial charge in [-0.15, -0.1) is 0 Å². The molecule has 2 aromatic rings. The fraction of sp³-hybridized carbons (Fsp3) is 0.500. The van der Waals surface area contributed by atoms with Crippen LogP contribution in [0.25, 0.3) is 11.0 Å². The molecule has 0 atom stereocenters. The maximum atomic E-state index is 5.80. The standard InChI is InChI=1S/C14H21N3O/c1-3-14-16-12-10-11(15)6-7-13(12)17(14)8-4-5-9-18-2/h6-7,10H,3-5,8-9,15H2,1-2H3. The Morgan fingerprint density at radius 1 is 1.33 bits per heavy atom. The second-order valence-corrected chi connectivity index (χ2v) is 4.48. The minimum absolute atomic E-state index is 0.772. The highest BCUT2D eigenvalue weighted by atomic mass is 16.5. The number of aryl methyl sites for hydroxylation is 2. The van der Waals surface area contributed by atoms with E-state index in [9.17, 15) is 0 Å². The summed E-state index contributed by atoms with van der Waals surface area (Å²) in [6, 6.07) is 5.95. The van der Waals surface area contributed by atoms with Crippen LogP contribution in [0.15, 0.2) is 18.2 Å². The zero-order valence-electron chi connectivity index (χ0n) is 11.1. The van der Waals surface area contributed by atoms with Crippen LogP contribution < -0.4 is 5.73 Å². The highest BCUT2D eigenvalue weighted by Gasteiger charge is 2.08. The van der Waals surface area contributed by atoms with E-state index in [2.05, 4.69) is 22.5 Å². The lowest BCUT2D eigenvalue weighted by Gasteiger charge is -2.07. The van der Waals surface area contributed by atoms with Crippen molar-refractivity contribution < 1.29 is 4.74 Å². The second kappa shape index (κ2) is 5.87. The molecular weight excluding hydrogens is 226 g/mol. The lowest BCUT2D eigenvalue weighted by atomic mass is 10.2. The predicted octanol–water partition coefficient (Wildman–Crippen LogP) is 2.61. The third-order valence-corrected chi connectivity index (χ3v) is 3.15. The van der Waals surface area contributed by atoms with Crippen molar-refractivity contribution in [3.63, 3.8) is 0 Å². The first-order valence-corrected chi connectivity index (χ1v) is 6.49. The first kappa shape index (κ1) is 12.9. The number of ether oxygens (including phenoxy) is 1. The number of nitrogen functional groups attached to an aromatic ring is 1. The Bertz CT molecular complexity index is 519. The molecule has 0 spiro atoms. The largest absolute Gasteiger partial charge is 0.399 e. The van der Waals surface area contributed by atoms with Gasteiger partial charge in [0.25, 0.3) is 0 Å². The molecule has 0 unspecified atom stereocenters. The van der Waals surface area contributed by atoms with Gasteiger partial charge in [0, 0.05) is 32.4 Å². The Morgan fingerprint density at radius 3 is 2.89 bits per heavy atom. The van der Waals surface area contributed by atoms with Crippen molar-refractivity contribution in [2.45, 2.75) is 32.7 Å². The average molecular weight is 247 g/mol. The molecule has 4 nitrogen and oxygen atoms in total. The number of aromatic nitrogens is 2. The fourth-order valence-corrected chi connectivity index (χ4v) is 2.23. The van der Waals surface area contributed by atoms with Crippen molar-refractivity contribution in [2.24, 2.45) is 0 Å². The van der Waals surface area contributed by atoms with Crippen LogP contribution in [-0.4, -0.2) is 23.3 Å². The van der Waals surface area contributed by atoms with E-state index >= 15 is 0 Å². The topological polar surface area (TPSA) is 53.1 Å². The van der Waals surface area contributed by atoms with Crippen molar-refractivity contribution in [1.82, 2.24) is 9.55 Å². The number of anilines is 1. The van der Waals surface area contributed by atoms with E-state index < -0.39 is 0 Å². The molecule has 4 heteroatoms. The number of nitrogens with zero attached hydrogens (tertiary/aromatic N) is 2. The van der Waals surface area contributed by atoms with Gasteiger partial charge < -0.3 is 15.0 Å². The molecule has 0 saturated carbocycles. The molecule has 0 aliphatic heterocycles. The Hall–Kier alpha value is -1.55. The van der Waals surface area contributed by atoms with Gasteiger partial charge in [0.1, 0.15) is 5.82 Å². The number of unbranched alkanes of at least 4 members (excludes halogenated alkanes) is 1. The molecule has 18 heavy (non-hydrogen) atoms. The summed E-state index contributed by atoms with van der Waals surface area (Å²) < 4.78 is 7.38. The van der Waals surface area contributed by atoms with E-state index in [1.165, 1.54) is 5.52 Å². The molecule has 0 aliphatic rings. The van der Waals surface area contributed by atoms with E-state index in [0.29, 0.717) is 0 Å². The molecule has 1 aromatic heterocycles. The van der Waals surface area contributed by atoms with Crippen LogP contribution in [0.1, 0.15) is 25.6 Å². The molecule has 0 amide bonds. The molecule has 1 heterocycles. The number of methoxy groups -OCH3 is 1. The number of hydrogen-bond donors (Lipinski definition) is 1. The third kappa shape index (κ3) is 2.64. The highest BCUT2D eigenvalue weighted by molar-refractivity contribution is 5.79. The number of hydrogen-bond acceptors (Lipinski definition) is 3. The molecule has 2 rings (SSSR count). The molecule has 98 valence electrons. The Kier molecular flexibility index (Phi) is 4.20. The van der Waals surface area contributed by atoms with Crippen LogP contribution in [0.2, 0.25) is 0 Å². The molecule has 0 radical (unpaired) electrons. The maximum Gasteiger partial charge on any atom is 0.109 e. The van der Waals surface area contributed by atoms with Gasteiger partial charge in [-0.3, -0.25) is 0 Å². The van der Waals surface area contributed by atoms with E-state index in [-0.39, 0.29) is 0 Å². The lowest BCUT2D eigenvalue weighted by molar-refractivity contribution is 0.191. The van der Waals surface area contributed by atoms with Crippen molar-refractivity contribution >= 4 is 16.7 Å². The van der Waals surface area contributed by atoms with E-state index in [1.54, 1.807) is 7.11 Å². The molecule has 1 aromatic carbocycles. The van der Waals surface area contributed by atoms with Crippen LogP contribution in [-0.2, 0) is 17.7 Å². The van der Waals surface area contributed by atoms with Crippen molar-refractivity contribution in [1.29, 1.82) is 0 Å². The highest BCUT2D eigenvalue weighted by Crippen LogP contribution is 2.20.